The Kier molecular flexibility index (Phi) is 5.67. The smallest absolute Gasteiger partial charge is 0.416 e. The maximum absolute atomic E-state index is 12.9. The molecule has 0 unspecified atom stereocenters. The highest BCUT2D eigenvalue weighted by molar-refractivity contribution is 5.92. The van der Waals surface area contributed by atoms with Crippen LogP contribution < -0.4 is 9.47 Å². The quantitative estimate of drug-likeness (QED) is 0.709. The average Bonchev–Trinajstić information content (AvgIpc) is 3.20. The zero-order valence-electron chi connectivity index (χ0n) is 16.2. The number of piperazine rings is 1. The largest absolute Gasteiger partial charge is 0.454 e. The van der Waals surface area contributed by atoms with Crippen LogP contribution in [0, 0.1) is 0 Å². The van der Waals surface area contributed by atoms with Crippen molar-refractivity contribution < 1.29 is 27.4 Å². The van der Waals surface area contributed by atoms with Gasteiger partial charge in [0.1, 0.15) is 0 Å². The lowest BCUT2D eigenvalue weighted by molar-refractivity contribution is -0.137. The fourth-order valence-corrected chi connectivity index (χ4v) is 3.52. The van der Waals surface area contributed by atoms with Gasteiger partial charge in [0.15, 0.2) is 11.5 Å². The number of hydrogen-bond donors (Lipinski definition) is 0. The summed E-state index contributed by atoms with van der Waals surface area (Å²) in [5.74, 6) is 1.26. The van der Waals surface area contributed by atoms with Gasteiger partial charge in [-0.25, -0.2) is 0 Å². The molecule has 5 nitrogen and oxygen atoms in total. The van der Waals surface area contributed by atoms with Crippen molar-refractivity contribution >= 4 is 12.0 Å². The van der Waals surface area contributed by atoms with E-state index in [1.54, 1.807) is 23.1 Å². The lowest BCUT2D eigenvalue weighted by Crippen LogP contribution is -2.47. The van der Waals surface area contributed by atoms with Crippen LogP contribution in [0.15, 0.2) is 48.5 Å². The maximum Gasteiger partial charge on any atom is 0.416 e. The molecule has 0 spiro atoms. The third kappa shape index (κ3) is 4.76. The predicted molar refractivity (Wildman–Crippen MR) is 105 cm³/mol. The summed E-state index contributed by atoms with van der Waals surface area (Å²) in [6.07, 6.45) is -1.08. The van der Waals surface area contributed by atoms with E-state index >= 15 is 0 Å². The molecule has 0 radical (unpaired) electrons. The van der Waals surface area contributed by atoms with Crippen molar-refractivity contribution in [2.45, 2.75) is 12.7 Å². The van der Waals surface area contributed by atoms with Crippen LogP contribution in [0.2, 0.25) is 0 Å². The summed E-state index contributed by atoms with van der Waals surface area (Å²) in [6.45, 7) is 2.91. The number of amides is 1. The van der Waals surface area contributed by atoms with Crippen LogP contribution >= 0.6 is 0 Å². The highest BCUT2D eigenvalue weighted by Crippen LogP contribution is 2.33. The Morgan fingerprint density at radius 3 is 2.53 bits per heavy atom. The third-order valence-corrected chi connectivity index (χ3v) is 5.16. The van der Waals surface area contributed by atoms with Crippen LogP contribution in [0.1, 0.15) is 16.7 Å². The summed E-state index contributed by atoms with van der Waals surface area (Å²) in [6, 6.07) is 10.9. The monoisotopic (exact) mass is 418 g/mol. The van der Waals surface area contributed by atoms with Crippen LogP contribution in [0.4, 0.5) is 13.2 Å². The van der Waals surface area contributed by atoms with Gasteiger partial charge in [0.2, 0.25) is 12.7 Å². The van der Waals surface area contributed by atoms with Crippen LogP contribution in [-0.2, 0) is 17.5 Å². The van der Waals surface area contributed by atoms with Gasteiger partial charge in [0.25, 0.3) is 0 Å². The first kappa shape index (κ1) is 20.3. The molecule has 0 aromatic heterocycles. The molecule has 2 aromatic carbocycles. The van der Waals surface area contributed by atoms with Crippen molar-refractivity contribution in [3.63, 3.8) is 0 Å². The molecule has 0 N–H and O–H groups in total. The lowest BCUT2D eigenvalue weighted by atomic mass is 10.1. The molecule has 0 aliphatic carbocycles. The number of rotatable bonds is 4. The Labute approximate surface area is 172 Å². The van der Waals surface area contributed by atoms with E-state index in [9.17, 15) is 18.0 Å². The molecule has 2 aliphatic rings. The molecule has 158 valence electrons. The Hall–Kier alpha value is -3.00. The van der Waals surface area contributed by atoms with Crippen LogP contribution in [-0.4, -0.2) is 48.7 Å². The SMILES string of the molecule is O=C(/C=C/c1ccc2c(c1)OCO2)N1CCN(Cc2cccc(C(F)(F)F)c2)CC1. The van der Waals surface area contributed by atoms with Crippen LogP contribution in [0.5, 0.6) is 11.5 Å². The summed E-state index contributed by atoms with van der Waals surface area (Å²) in [7, 11) is 0. The first-order valence-electron chi connectivity index (χ1n) is 9.64. The number of ether oxygens (including phenoxy) is 2. The van der Waals surface area contributed by atoms with Crippen LogP contribution in [0.25, 0.3) is 6.08 Å². The van der Waals surface area contributed by atoms with Crippen LogP contribution in [0.3, 0.4) is 0 Å². The Bertz CT molecular complexity index is 951. The molecular weight excluding hydrogens is 397 g/mol. The summed E-state index contributed by atoms with van der Waals surface area (Å²) < 4.78 is 49.2. The number of benzene rings is 2. The van der Waals surface area contributed by atoms with Gasteiger partial charge in [-0.1, -0.05) is 24.3 Å². The molecule has 2 heterocycles. The van der Waals surface area contributed by atoms with Crippen molar-refractivity contribution in [1.29, 1.82) is 0 Å². The summed E-state index contributed by atoms with van der Waals surface area (Å²) in [5.41, 5.74) is 0.825. The number of nitrogens with zero attached hydrogens (tertiary/aromatic N) is 2. The molecule has 1 fully saturated rings. The number of carbonyl (C=O) groups is 1. The fraction of sp³-hybridized carbons (Fsp3) is 0.318. The molecule has 1 saturated heterocycles. The van der Waals surface area contributed by atoms with Gasteiger partial charge in [-0.05, 0) is 35.4 Å². The minimum absolute atomic E-state index is 0.0913. The molecule has 1 amide bonds. The number of carbonyl (C=O) groups excluding carboxylic acids is 1. The highest BCUT2D eigenvalue weighted by atomic mass is 19.4. The van der Waals surface area contributed by atoms with Gasteiger partial charge in [0.05, 0.1) is 5.56 Å². The van der Waals surface area contributed by atoms with E-state index in [2.05, 4.69) is 4.90 Å². The number of hydrogen-bond acceptors (Lipinski definition) is 4. The first-order valence-corrected chi connectivity index (χ1v) is 9.64. The third-order valence-electron chi connectivity index (χ3n) is 5.16. The van der Waals surface area contributed by atoms with Crippen molar-refractivity contribution in [2.75, 3.05) is 33.0 Å². The number of halogens is 3. The second-order valence-electron chi connectivity index (χ2n) is 7.25. The van der Waals surface area contributed by atoms with Crippen molar-refractivity contribution in [3.05, 3.63) is 65.2 Å². The van der Waals surface area contributed by atoms with E-state index in [1.165, 1.54) is 18.2 Å². The molecule has 30 heavy (non-hydrogen) atoms. The van der Waals surface area contributed by atoms with Crippen molar-refractivity contribution in [1.82, 2.24) is 9.80 Å². The Morgan fingerprint density at radius 1 is 1.00 bits per heavy atom. The van der Waals surface area contributed by atoms with Gasteiger partial charge in [0, 0.05) is 38.8 Å². The second-order valence-corrected chi connectivity index (χ2v) is 7.25. The van der Waals surface area contributed by atoms with E-state index in [0.29, 0.717) is 49.8 Å². The molecule has 8 heteroatoms. The summed E-state index contributed by atoms with van der Waals surface area (Å²) >= 11 is 0. The first-order chi connectivity index (χ1) is 14.4. The Balaban J connectivity index is 1.29. The molecule has 2 aromatic rings. The van der Waals surface area contributed by atoms with Crippen molar-refractivity contribution in [3.8, 4) is 11.5 Å². The zero-order valence-corrected chi connectivity index (χ0v) is 16.2. The number of fused-ring (bicyclic) bond motifs is 1. The minimum atomic E-state index is -4.34. The number of alkyl halides is 3. The van der Waals surface area contributed by atoms with E-state index in [0.717, 1.165) is 11.6 Å². The summed E-state index contributed by atoms with van der Waals surface area (Å²) in [5, 5.41) is 0. The zero-order chi connectivity index (χ0) is 21.1. The van der Waals surface area contributed by atoms with E-state index in [4.69, 9.17) is 9.47 Å². The molecule has 4 rings (SSSR count). The van der Waals surface area contributed by atoms with Gasteiger partial charge in [-0.15, -0.1) is 0 Å². The van der Waals surface area contributed by atoms with Gasteiger partial charge in [-0.3, -0.25) is 9.69 Å². The van der Waals surface area contributed by atoms with Gasteiger partial charge < -0.3 is 14.4 Å². The van der Waals surface area contributed by atoms with E-state index < -0.39 is 11.7 Å². The van der Waals surface area contributed by atoms with E-state index in [1.807, 2.05) is 12.1 Å². The van der Waals surface area contributed by atoms with Crippen molar-refractivity contribution in [2.24, 2.45) is 0 Å². The Morgan fingerprint density at radius 2 is 1.77 bits per heavy atom. The lowest BCUT2D eigenvalue weighted by Gasteiger charge is -2.34. The fourth-order valence-electron chi connectivity index (χ4n) is 3.52. The standard InChI is InChI=1S/C22H21F3N2O3/c23-22(24,25)18-3-1-2-17(12-18)14-26-8-10-27(11-9-26)21(28)7-5-16-4-6-19-20(13-16)30-15-29-19/h1-7,12-13H,8-11,14-15H2/b7-5+. The average molecular weight is 418 g/mol. The highest BCUT2D eigenvalue weighted by Gasteiger charge is 2.30. The minimum Gasteiger partial charge on any atom is -0.454 e. The topological polar surface area (TPSA) is 42.0 Å². The second kappa shape index (κ2) is 8.39. The summed E-state index contributed by atoms with van der Waals surface area (Å²) in [4.78, 5) is 16.3. The normalized spacial score (nSPS) is 17.0. The molecule has 2 aliphatic heterocycles. The predicted octanol–water partition coefficient (Wildman–Crippen LogP) is 3.79. The van der Waals surface area contributed by atoms with Gasteiger partial charge in [-0.2, -0.15) is 13.2 Å². The molecule has 0 atom stereocenters. The molecule has 0 saturated carbocycles. The van der Waals surface area contributed by atoms with E-state index in [-0.39, 0.29) is 12.7 Å². The molecule has 0 bridgehead atoms. The van der Waals surface area contributed by atoms with Gasteiger partial charge >= 0.3 is 6.18 Å². The molecular formula is C22H21F3N2O3. The maximum atomic E-state index is 12.9.